The molecule has 5 nitrogen and oxygen atoms in total. The Morgan fingerprint density at radius 2 is 2.00 bits per heavy atom. The minimum Gasteiger partial charge on any atom is -0.426 e. The van der Waals surface area contributed by atoms with Crippen molar-refractivity contribution in [3.8, 4) is 0 Å². The van der Waals surface area contributed by atoms with Crippen LogP contribution in [-0.2, 0) is 17.5 Å². The average Bonchev–Trinajstić information content (AvgIpc) is 2.97. The van der Waals surface area contributed by atoms with Gasteiger partial charge in [-0.15, -0.1) is 0 Å². The number of nitrogens with one attached hydrogen (secondary N) is 1. The molecular weight excluding hydrogens is 383 g/mol. The molecule has 0 amide bonds. The molecule has 1 aromatic heterocycles. The Hall–Kier alpha value is -1.77. The second-order valence-electron chi connectivity index (χ2n) is 6.21. The van der Waals surface area contributed by atoms with Crippen molar-refractivity contribution in [2.75, 3.05) is 32.1 Å². The van der Waals surface area contributed by atoms with E-state index in [4.69, 9.17) is 20.8 Å². The van der Waals surface area contributed by atoms with Gasteiger partial charge in [0.25, 0.3) is 6.01 Å². The Kier molecular flexibility index (Phi) is 7.13. The van der Waals surface area contributed by atoms with E-state index in [-0.39, 0.29) is 18.3 Å². The first-order valence-corrected chi connectivity index (χ1v) is 8.85. The van der Waals surface area contributed by atoms with E-state index in [2.05, 4.69) is 10.3 Å². The van der Waals surface area contributed by atoms with Crippen LogP contribution in [0.4, 0.5) is 24.9 Å². The van der Waals surface area contributed by atoms with E-state index >= 15 is 0 Å². The first kappa shape index (κ1) is 21.5. The molecule has 1 N–H and O–H groups in total. The van der Waals surface area contributed by atoms with E-state index in [9.17, 15) is 13.2 Å². The summed E-state index contributed by atoms with van der Waals surface area (Å²) < 4.78 is 50.6. The summed E-state index contributed by atoms with van der Waals surface area (Å²) in [6.07, 6.45) is -4.62. The van der Waals surface area contributed by atoms with Crippen molar-refractivity contribution in [3.05, 3.63) is 39.7 Å². The van der Waals surface area contributed by atoms with Gasteiger partial charge in [0.15, 0.2) is 11.5 Å². The van der Waals surface area contributed by atoms with Crippen molar-refractivity contribution in [1.29, 1.82) is 0 Å². The molecule has 0 fully saturated rings. The van der Waals surface area contributed by atoms with Gasteiger partial charge >= 0.3 is 6.18 Å². The number of rotatable bonds is 8. The first-order chi connectivity index (χ1) is 12.7. The maximum atomic E-state index is 13.4. The molecule has 0 unspecified atom stereocenters. The van der Waals surface area contributed by atoms with Crippen molar-refractivity contribution in [2.24, 2.45) is 0 Å². The van der Waals surface area contributed by atoms with Crippen LogP contribution in [0.5, 0.6) is 0 Å². The number of likely N-dealkylation sites (N-methyl/N-ethyl adjacent to an activating group) is 1. The van der Waals surface area contributed by atoms with Crippen LogP contribution < -0.4 is 5.32 Å². The third-order valence-corrected chi connectivity index (χ3v) is 4.35. The van der Waals surface area contributed by atoms with Crippen molar-refractivity contribution in [1.82, 2.24) is 9.88 Å². The SMILES string of the molecule is CCN(CCOC)Cc1oc(Nc2c(C)cc(C)cc2Cl)nc1C(F)(F)F. The highest BCUT2D eigenvalue weighted by Crippen LogP contribution is 2.36. The van der Waals surface area contributed by atoms with E-state index in [1.807, 2.05) is 19.9 Å². The number of oxazole rings is 1. The number of ether oxygens (including phenoxy) is 1. The summed E-state index contributed by atoms with van der Waals surface area (Å²) in [5.74, 6) is -0.246. The molecule has 0 aliphatic heterocycles. The molecule has 0 saturated heterocycles. The molecule has 1 aromatic carbocycles. The van der Waals surface area contributed by atoms with Gasteiger partial charge in [-0.3, -0.25) is 4.90 Å². The summed E-state index contributed by atoms with van der Waals surface area (Å²) in [5, 5.41) is 3.17. The number of hydrogen-bond donors (Lipinski definition) is 1. The molecular formula is C18H23ClF3N3O2. The zero-order chi connectivity index (χ0) is 20.2. The molecule has 0 atom stereocenters. The van der Waals surface area contributed by atoms with Crippen molar-refractivity contribution in [3.63, 3.8) is 0 Å². The highest BCUT2D eigenvalue weighted by molar-refractivity contribution is 6.33. The lowest BCUT2D eigenvalue weighted by Gasteiger charge is -2.19. The fraction of sp³-hybridized carbons (Fsp3) is 0.500. The van der Waals surface area contributed by atoms with Gasteiger partial charge in [-0.05, 0) is 37.6 Å². The van der Waals surface area contributed by atoms with Crippen LogP contribution in [0, 0.1) is 13.8 Å². The molecule has 0 aliphatic carbocycles. The van der Waals surface area contributed by atoms with Gasteiger partial charge in [-0.25, -0.2) is 0 Å². The van der Waals surface area contributed by atoms with Crippen molar-refractivity contribution >= 4 is 23.3 Å². The third kappa shape index (κ3) is 5.60. The number of aromatic nitrogens is 1. The van der Waals surface area contributed by atoms with Crippen molar-refractivity contribution < 1.29 is 22.3 Å². The second kappa shape index (κ2) is 8.95. The Morgan fingerprint density at radius 1 is 1.30 bits per heavy atom. The molecule has 2 rings (SSSR count). The standard InChI is InChI=1S/C18H23ClF3N3O2/c1-5-25(6-7-26-4)10-14-16(18(20,21)22)24-17(27-14)23-15-12(3)8-11(2)9-13(15)19/h8-9H,5-7,10H2,1-4H3,(H,23,24). The van der Waals surface area contributed by atoms with Crippen LogP contribution in [0.3, 0.4) is 0 Å². The predicted molar refractivity (Wildman–Crippen MR) is 98.5 cm³/mol. The summed E-state index contributed by atoms with van der Waals surface area (Å²) in [5.41, 5.74) is 1.16. The summed E-state index contributed by atoms with van der Waals surface area (Å²) in [4.78, 5) is 5.41. The Labute approximate surface area is 161 Å². The summed E-state index contributed by atoms with van der Waals surface area (Å²) in [6, 6.07) is 3.34. The van der Waals surface area contributed by atoms with Gasteiger partial charge in [0.2, 0.25) is 0 Å². The van der Waals surface area contributed by atoms with E-state index in [1.54, 1.807) is 25.0 Å². The fourth-order valence-corrected chi connectivity index (χ4v) is 3.06. The Bertz CT molecular complexity index is 755. The molecule has 1 heterocycles. The van der Waals surface area contributed by atoms with Gasteiger partial charge in [-0.1, -0.05) is 24.6 Å². The van der Waals surface area contributed by atoms with Crippen LogP contribution in [0.25, 0.3) is 0 Å². The Balaban J connectivity index is 2.33. The normalized spacial score (nSPS) is 12.0. The molecule has 0 saturated carbocycles. The zero-order valence-corrected chi connectivity index (χ0v) is 16.5. The minimum atomic E-state index is -4.62. The van der Waals surface area contributed by atoms with E-state index < -0.39 is 11.9 Å². The second-order valence-corrected chi connectivity index (χ2v) is 6.62. The van der Waals surface area contributed by atoms with E-state index in [0.29, 0.717) is 30.4 Å². The monoisotopic (exact) mass is 405 g/mol. The van der Waals surface area contributed by atoms with Crippen LogP contribution in [0.1, 0.15) is 29.5 Å². The topological polar surface area (TPSA) is 50.5 Å². The molecule has 0 spiro atoms. The maximum Gasteiger partial charge on any atom is 0.436 e. The van der Waals surface area contributed by atoms with Gasteiger partial charge in [0.1, 0.15) is 0 Å². The lowest BCUT2D eigenvalue weighted by molar-refractivity contribution is -0.142. The number of benzene rings is 1. The smallest absolute Gasteiger partial charge is 0.426 e. The fourth-order valence-electron chi connectivity index (χ4n) is 2.69. The molecule has 2 aromatic rings. The summed E-state index contributed by atoms with van der Waals surface area (Å²) in [7, 11) is 1.54. The van der Waals surface area contributed by atoms with Gasteiger partial charge < -0.3 is 14.5 Å². The van der Waals surface area contributed by atoms with Crippen LogP contribution >= 0.6 is 11.6 Å². The van der Waals surface area contributed by atoms with Gasteiger partial charge in [0, 0.05) is 13.7 Å². The van der Waals surface area contributed by atoms with Crippen molar-refractivity contribution in [2.45, 2.75) is 33.5 Å². The lowest BCUT2D eigenvalue weighted by atomic mass is 10.1. The Morgan fingerprint density at radius 3 is 2.56 bits per heavy atom. The number of hydrogen-bond acceptors (Lipinski definition) is 5. The quantitative estimate of drug-likeness (QED) is 0.656. The number of anilines is 2. The summed E-state index contributed by atoms with van der Waals surface area (Å²) >= 11 is 6.21. The number of alkyl halides is 3. The molecule has 150 valence electrons. The predicted octanol–water partition coefficient (Wildman–Crippen LogP) is 5.18. The van der Waals surface area contributed by atoms with Crippen LogP contribution in [-0.4, -0.2) is 36.7 Å². The number of aryl methyl sites for hydroxylation is 2. The van der Waals surface area contributed by atoms with Gasteiger partial charge in [-0.2, -0.15) is 18.2 Å². The minimum absolute atomic E-state index is 0.0238. The molecule has 0 bridgehead atoms. The highest BCUT2D eigenvalue weighted by Gasteiger charge is 2.39. The molecule has 9 heteroatoms. The van der Waals surface area contributed by atoms with Crippen LogP contribution in [0.2, 0.25) is 5.02 Å². The number of methoxy groups -OCH3 is 1. The van der Waals surface area contributed by atoms with E-state index in [1.165, 1.54) is 0 Å². The average molecular weight is 406 g/mol. The first-order valence-electron chi connectivity index (χ1n) is 8.47. The van der Waals surface area contributed by atoms with Gasteiger partial charge in [0.05, 0.1) is 23.9 Å². The molecule has 27 heavy (non-hydrogen) atoms. The lowest BCUT2D eigenvalue weighted by Crippen LogP contribution is -2.27. The highest BCUT2D eigenvalue weighted by atomic mass is 35.5. The maximum absolute atomic E-state index is 13.4. The van der Waals surface area contributed by atoms with E-state index in [0.717, 1.165) is 11.1 Å². The molecule has 0 aliphatic rings. The zero-order valence-electron chi connectivity index (χ0n) is 15.7. The number of nitrogens with zero attached hydrogens (tertiary/aromatic N) is 2. The summed E-state index contributed by atoms with van der Waals surface area (Å²) in [6.45, 7) is 6.96. The third-order valence-electron chi connectivity index (χ3n) is 4.06. The van der Waals surface area contributed by atoms with Crippen LogP contribution in [0.15, 0.2) is 16.5 Å². The number of halogens is 4. The molecule has 0 radical (unpaired) electrons. The largest absolute Gasteiger partial charge is 0.436 e.